The fourth-order valence-corrected chi connectivity index (χ4v) is 2.94. The van der Waals surface area contributed by atoms with Crippen molar-refractivity contribution in [3.63, 3.8) is 0 Å². The van der Waals surface area contributed by atoms with Gasteiger partial charge in [0.05, 0.1) is 0 Å². The van der Waals surface area contributed by atoms with E-state index in [4.69, 9.17) is 9.47 Å². The van der Waals surface area contributed by atoms with Gasteiger partial charge in [-0.2, -0.15) is 4.98 Å². The Morgan fingerprint density at radius 1 is 1.17 bits per heavy atom. The second kappa shape index (κ2) is 5.96. The molecule has 6 heteroatoms. The number of rotatable bonds is 3. The summed E-state index contributed by atoms with van der Waals surface area (Å²) in [5.41, 5.74) is 1.43. The normalized spacial score (nSPS) is 18.2. The average molecular weight is 310 g/mol. The zero-order valence-electron chi connectivity index (χ0n) is 13.0. The molecule has 23 heavy (non-hydrogen) atoms. The molecule has 3 heterocycles. The summed E-state index contributed by atoms with van der Waals surface area (Å²) in [5, 5.41) is 0. The Kier molecular flexibility index (Phi) is 3.67. The van der Waals surface area contributed by atoms with Crippen LogP contribution in [0, 0.1) is 6.92 Å². The van der Waals surface area contributed by atoms with Crippen LogP contribution in [0.15, 0.2) is 36.7 Å². The Labute approximate surface area is 134 Å². The van der Waals surface area contributed by atoms with Crippen LogP contribution in [0.5, 0.6) is 11.6 Å². The number of para-hydroxylation sites is 1. The lowest BCUT2D eigenvalue weighted by atomic mass is 10.2. The van der Waals surface area contributed by atoms with E-state index >= 15 is 0 Å². The topological polar surface area (TPSA) is 62.1 Å². The molecule has 118 valence electrons. The highest BCUT2D eigenvalue weighted by atomic mass is 16.5. The number of hydrogen-bond donors (Lipinski definition) is 0. The Morgan fingerprint density at radius 3 is 2.83 bits per heavy atom. The highest BCUT2D eigenvalue weighted by molar-refractivity contribution is 5.77. The van der Waals surface area contributed by atoms with Gasteiger partial charge in [0.25, 0.3) is 5.88 Å². The molecule has 0 saturated carbocycles. The minimum atomic E-state index is -0.00627. The van der Waals surface area contributed by atoms with Crippen molar-refractivity contribution in [3.05, 3.63) is 42.5 Å². The summed E-state index contributed by atoms with van der Waals surface area (Å²) in [6, 6.07) is 9.58. The van der Waals surface area contributed by atoms with Gasteiger partial charge < -0.3 is 9.47 Å². The third kappa shape index (κ3) is 2.66. The Balaban J connectivity index is 1.76. The number of benzene rings is 1. The third-order valence-electron chi connectivity index (χ3n) is 4.02. The predicted molar refractivity (Wildman–Crippen MR) is 85.4 cm³/mol. The first-order chi connectivity index (χ1) is 11.3. The molecule has 1 fully saturated rings. The van der Waals surface area contributed by atoms with Crippen LogP contribution in [0.4, 0.5) is 0 Å². The maximum atomic E-state index is 5.89. The van der Waals surface area contributed by atoms with Gasteiger partial charge in [0.15, 0.2) is 11.2 Å². The van der Waals surface area contributed by atoms with E-state index in [1.54, 1.807) is 0 Å². The van der Waals surface area contributed by atoms with Crippen molar-refractivity contribution in [2.45, 2.75) is 32.4 Å². The van der Waals surface area contributed by atoms with Gasteiger partial charge >= 0.3 is 0 Å². The van der Waals surface area contributed by atoms with E-state index < -0.39 is 0 Å². The summed E-state index contributed by atoms with van der Waals surface area (Å²) in [5.74, 6) is 2.07. The van der Waals surface area contributed by atoms with Gasteiger partial charge in [-0.25, -0.2) is 9.97 Å². The van der Waals surface area contributed by atoms with Crippen LogP contribution in [-0.2, 0) is 4.74 Å². The highest BCUT2D eigenvalue weighted by Gasteiger charge is 2.23. The zero-order valence-corrected chi connectivity index (χ0v) is 13.0. The molecule has 0 aliphatic carbocycles. The second-order valence-corrected chi connectivity index (χ2v) is 5.62. The number of ether oxygens (including phenoxy) is 2. The van der Waals surface area contributed by atoms with Gasteiger partial charge in [-0.1, -0.05) is 18.2 Å². The summed E-state index contributed by atoms with van der Waals surface area (Å²) < 4.78 is 13.8. The number of aryl methyl sites for hydroxylation is 1. The van der Waals surface area contributed by atoms with Crippen molar-refractivity contribution in [3.8, 4) is 11.6 Å². The first-order valence-electron chi connectivity index (χ1n) is 7.87. The molecule has 0 amide bonds. The molecule has 1 aliphatic rings. The average Bonchev–Trinajstić information content (AvgIpc) is 2.94. The summed E-state index contributed by atoms with van der Waals surface area (Å²) in [6.07, 6.45) is 4.75. The fourth-order valence-electron chi connectivity index (χ4n) is 2.94. The fraction of sp³-hybridized carbons (Fsp3) is 0.353. The lowest BCUT2D eigenvalue weighted by molar-refractivity contribution is -0.0309. The van der Waals surface area contributed by atoms with E-state index in [0.29, 0.717) is 11.4 Å². The molecule has 3 aromatic rings. The van der Waals surface area contributed by atoms with Gasteiger partial charge in [0, 0.05) is 6.61 Å². The Bertz CT molecular complexity index is 810. The summed E-state index contributed by atoms with van der Waals surface area (Å²) in [4.78, 5) is 13.3. The Hall–Kier alpha value is -2.47. The number of imidazole rings is 1. The van der Waals surface area contributed by atoms with Gasteiger partial charge in [-0.05, 0) is 38.3 Å². The molecule has 1 aromatic carbocycles. The third-order valence-corrected chi connectivity index (χ3v) is 4.02. The minimum Gasteiger partial charge on any atom is -0.437 e. The molecular weight excluding hydrogens is 292 g/mol. The molecule has 6 nitrogen and oxygen atoms in total. The number of hydrogen-bond acceptors (Lipinski definition) is 5. The van der Waals surface area contributed by atoms with Crippen molar-refractivity contribution in [1.82, 2.24) is 19.5 Å². The van der Waals surface area contributed by atoms with Crippen molar-refractivity contribution in [2.24, 2.45) is 0 Å². The summed E-state index contributed by atoms with van der Waals surface area (Å²) in [7, 11) is 0. The first-order valence-corrected chi connectivity index (χ1v) is 7.87. The van der Waals surface area contributed by atoms with Crippen molar-refractivity contribution in [1.29, 1.82) is 0 Å². The van der Waals surface area contributed by atoms with Gasteiger partial charge in [-0.3, -0.25) is 4.57 Å². The highest BCUT2D eigenvalue weighted by Crippen LogP contribution is 2.31. The lowest BCUT2D eigenvalue weighted by Crippen LogP contribution is -2.19. The van der Waals surface area contributed by atoms with E-state index in [-0.39, 0.29) is 6.23 Å². The van der Waals surface area contributed by atoms with Crippen LogP contribution in [0.1, 0.15) is 31.3 Å². The monoisotopic (exact) mass is 310 g/mol. The molecule has 1 aliphatic heterocycles. The smallest absolute Gasteiger partial charge is 0.250 e. The molecule has 0 bridgehead atoms. The van der Waals surface area contributed by atoms with E-state index in [9.17, 15) is 0 Å². The summed E-state index contributed by atoms with van der Waals surface area (Å²) in [6.45, 7) is 2.74. The van der Waals surface area contributed by atoms with Crippen molar-refractivity contribution >= 4 is 11.2 Å². The number of fused-ring (bicyclic) bond motifs is 1. The molecular formula is C17H18N4O2. The van der Waals surface area contributed by atoms with E-state index in [2.05, 4.69) is 15.0 Å². The predicted octanol–water partition coefficient (Wildman–Crippen LogP) is 3.63. The van der Waals surface area contributed by atoms with Gasteiger partial charge in [-0.15, -0.1) is 0 Å². The lowest BCUT2D eigenvalue weighted by Gasteiger charge is -2.24. The molecule has 1 saturated heterocycles. The molecule has 1 atom stereocenters. The largest absolute Gasteiger partial charge is 0.437 e. The van der Waals surface area contributed by atoms with Crippen LogP contribution in [0.3, 0.4) is 0 Å². The SMILES string of the molecule is Cc1nc2c(Oc3ccccc3)ncnc2n1C1CCCCO1. The molecule has 0 spiro atoms. The van der Waals surface area contributed by atoms with Gasteiger partial charge in [0.2, 0.25) is 0 Å². The standard InChI is InChI=1S/C17H18N4O2/c1-12-20-15-16(21(12)14-9-5-6-10-22-14)18-11-19-17(15)23-13-7-3-2-4-8-13/h2-4,7-8,11,14H,5-6,9-10H2,1H3. The maximum Gasteiger partial charge on any atom is 0.250 e. The van der Waals surface area contributed by atoms with E-state index in [1.165, 1.54) is 6.33 Å². The number of aromatic nitrogens is 4. The maximum absolute atomic E-state index is 5.89. The van der Waals surface area contributed by atoms with Crippen LogP contribution < -0.4 is 4.74 Å². The van der Waals surface area contributed by atoms with E-state index in [1.807, 2.05) is 41.8 Å². The van der Waals surface area contributed by atoms with E-state index in [0.717, 1.165) is 43.1 Å². The van der Waals surface area contributed by atoms with Crippen molar-refractivity contribution in [2.75, 3.05) is 6.61 Å². The molecule has 0 N–H and O–H groups in total. The van der Waals surface area contributed by atoms with Crippen molar-refractivity contribution < 1.29 is 9.47 Å². The quantitative estimate of drug-likeness (QED) is 0.739. The van der Waals surface area contributed by atoms with Crippen LogP contribution in [0.25, 0.3) is 11.2 Å². The molecule has 1 unspecified atom stereocenters. The van der Waals surface area contributed by atoms with Gasteiger partial charge in [0.1, 0.15) is 24.1 Å². The van der Waals surface area contributed by atoms with Crippen LogP contribution >= 0.6 is 0 Å². The number of nitrogens with zero attached hydrogens (tertiary/aromatic N) is 4. The van der Waals surface area contributed by atoms with Crippen LogP contribution in [0.2, 0.25) is 0 Å². The molecule has 2 aromatic heterocycles. The summed E-state index contributed by atoms with van der Waals surface area (Å²) >= 11 is 0. The zero-order chi connectivity index (χ0) is 15.6. The molecule has 4 rings (SSSR count). The first kappa shape index (κ1) is 14.1. The van der Waals surface area contributed by atoms with Crippen LogP contribution in [-0.4, -0.2) is 26.1 Å². The second-order valence-electron chi connectivity index (χ2n) is 5.62. The molecule has 0 radical (unpaired) electrons. The minimum absolute atomic E-state index is 0.00627. The Morgan fingerprint density at radius 2 is 2.04 bits per heavy atom.